The molecule has 2 atom stereocenters. The molecule has 3 nitrogen and oxygen atoms in total. The Morgan fingerprint density at radius 2 is 1.80 bits per heavy atom. The first kappa shape index (κ1) is 9.43. The fraction of sp³-hybridized carbons (Fsp3) is 0.857. The molecule has 0 radical (unpaired) electrons. The first-order valence-electron chi connectivity index (χ1n) is 3.45. The first-order chi connectivity index (χ1) is 4.46. The Kier molecular flexibility index (Phi) is 3.36. The highest BCUT2D eigenvalue weighted by atomic mass is 16.4. The number of hydrogen-bond acceptors (Lipinski definition) is 2. The molecule has 0 aliphatic rings. The van der Waals surface area contributed by atoms with E-state index in [1.54, 1.807) is 0 Å². The molecule has 0 bridgehead atoms. The van der Waals surface area contributed by atoms with E-state index in [1.807, 2.05) is 20.8 Å². The van der Waals surface area contributed by atoms with Gasteiger partial charge in [0.15, 0.2) is 0 Å². The molecule has 0 aromatic heterocycles. The number of aliphatic carboxylic acids is 1. The molecule has 1 unspecified atom stereocenters. The lowest BCUT2D eigenvalue weighted by molar-refractivity contribution is -0.140. The van der Waals surface area contributed by atoms with Gasteiger partial charge in [-0.05, 0) is 11.8 Å². The van der Waals surface area contributed by atoms with Gasteiger partial charge in [0, 0.05) is 0 Å². The summed E-state index contributed by atoms with van der Waals surface area (Å²) in [4.78, 5) is 10.3. The number of carbonyl (C=O) groups is 1. The van der Waals surface area contributed by atoms with Gasteiger partial charge in [0.2, 0.25) is 0 Å². The summed E-state index contributed by atoms with van der Waals surface area (Å²) in [6.45, 7) is 5.78. The summed E-state index contributed by atoms with van der Waals surface area (Å²) in [5, 5.41) is 8.48. The van der Waals surface area contributed by atoms with Crippen molar-refractivity contribution < 1.29 is 9.90 Å². The highest BCUT2D eigenvalue weighted by Gasteiger charge is 2.21. The van der Waals surface area contributed by atoms with Crippen LogP contribution in [-0.4, -0.2) is 17.1 Å². The number of rotatable bonds is 3. The smallest absolute Gasteiger partial charge is 0.320 e. The van der Waals surface area contributed by atoms with E-state index in [-0.39, 0.29) is 5.92 Å². The van der Waals surface area contributed by atoms with Crippen molar-refractivity contribution >= 4 is 5.97 Å². The molecular formula is C7H15NO2. The lowest BCUT2D eigenvalue weighted by Crippen LogP contribution is -2.38. The number of carboxylic acids is 1. The summed E-state index contributed by atoms with van der Waals surface area (Å²) in [7, 11) is 0. The van der Waals surface area contributed by atoms with E-state index in [2.05, 4.69) is 0 Å². The summed E-state index contributed by atoms with van der Waals surface area (Å²) in [6.07, 6.45) is 0. The van der Waals surface area contributed by atoms with E-state index in [0.717, 1.165) is 0 Å². The Morgan fingerprint density at radius 3 is 1.90 bits per heavy atom. The van der Waals surface area contributed by atoms with Crippen molar-refractivity contribution in [2.75, 3.05) is 0 Å². The summed E-state index contributed by atoms with van der Waals surface area (Å²) in [5.74, 6) is -0.551. The van der Waals surface area contributed by atoms with Crippen molar-refractivity contribution in [3.05, 3.63) is 0 Å². The van der Waals surface area contributed by atoms with Gasteiger partial charge in [-0.3, -0.25) is 4.79 Å². The van der Waals surface area contributed by atoms with E-state index in [0.29, 0.717) is 5.92 Å². The first-order valence-corrected chi connectivity index (χ1v) is 3.45. The van der Waals surface area contributed by atoms with Crippen molar-refractivity contribution in [3.8, 4) is 0 Å². The number of hydrogen-bond donors (Lipinski definition) is 2. The maximum absolute atomic E-state index is 10.3. The van der Waals surface area contributed by atoms with Crippen LogP contribution in [0.2, 0.25) is 0 Å². The zero-order valence-corrected chi connectivity index (χ0v) is 6.66. The summed E-state index contributed by atoms with van der Waals surface area (Å²) >= 11 is 0. The van der Waals surface area contributed by atoms with Crippen molar-refractivity contribution in [3.63, 3.8) is 0 Å². The zero-order valence-electron chi connectivity index (χ0n) is 6.66. The van der Waals surface area contributed by atoms with E-state index >= 15 is 0 Å². The Morgan fingerprint density at radius 1 is 1.40 bits per heavy atom. The number of carboxylic acid groups (broad SMARTS) is 1. The summed E-state index contributed by atoms with van der Waals surface area (Å²) < 4.78 is 0. The largest absolute Gasteiger partial charge is 0.480 e. The second-order valence-corrected chi connectivity index (χ2v) is 2.97. The highest BCUT2D eigenvalue weighted by Crippen LogP contribution is 2.12. The van der Waals surface area contributed by atoms with Gasteiger partial charge in [-0.1, -0.05) is 20.8 Å². The van der Waals surface area contributed by atoms with Gasteiger partial charge in [-0.15, -0.1) is 0 Å². The lowest BCUT2D eigenvalue weighted by atomic mass is 9.91. The topological polar surface area (TPSA) is 63.3 Å². The van der Waals surface area contributed by atoms with Crippen LogP contribution in [0.3, 0.4) is 0 Å². The monoisotopic (exact) mass is 145 g/mol. The van der Waals surface area contributed by atoms with Crippen LogP contribution >= 0.6 is 0 Å². The Labute approximate surface area is 61.2 Å². The Balaban J connectivity index is 3.94. The van der Waals surface area contributed by atoms with Gasteiger partial charge in [0.25, 0.3) is 0 Å². The lowest BCUT2D eigenvalue weighted by Gasteiger charge is -2.18. The van der Waals surface area contributed by atoms with Crippen molar-refractivity contribution in [2.24, 2.45) is 17.6 Å². The molecule has 0 fully saturated rings. The molecule has 60 valence electrons. The minimum absolute atomic E-state index is 0.0394. The van der Waals surface area contributed by atoms with Crippen molar-refractivity contribution in [1.29, 1.82) is 0 Å². The quantitative estimate of drug-likeness (QED) is 0.614. The third kappa shape index (κ3) is 2.35. The summed E-state index contributed by atoms with van der Waals surface area (Å²) in [5.41, 5.74) is 5.36. The van der Waals surface area contributed by atoms with Crippen molar-refractivity contribution in [2.45, 2.75) is 26.8 Å². The van der Waals surface area contributed by atoms with Crippen LogP contribution in [-0.2, 0) is 4.79 Å². The molecule has 0 aromatic rings. The van der Waals surface area contributed by atoms with E-state index in [9.17, 15) is 4.79 Å². The molecule has 0 aliphatic carbocycles. The molecule has 0 rings (SSSR count). The predicted octanol–water partition coefficient (Wildman–Crippen LogP) is 0.690. The fourth-order valence-corrected chi connectivity index (χ4v) is 0.640. The molecule has 0 aromatic carbocycles. The normalized spacial score (nSPS) is 16.9. The van der Waals surface area contributed by atoms with E-state index < -0.39 is 12.0 Å². The van der Waals surface area contributed by atoms with E-state index in [4.69, 9.17) is 10.8 Å². The van der Waals surface area contributed by atoms with Gasteiger partial charge in [0.1, 0.15) is 6.04 Å². The fourth-order valence-electron chi connectivity index (χ4n) is 0.640. The second kappa shape index (κ2) is 3.56. The van der Waals surface area contributed by atoms with Gasteiger partial charge in [0.05, 0.1) is 0 Å². The number of nitrogens with two attached hydrogens (primary N) is 1. The zero-order chi connectivity index (χ0) is 8.31. The maximum Gasteiger partial charge on any atom is 0.320 e. The molecule has 3 N–H and O–H groups in total. The second-order valence-electron chi connectivity index (χ2n) is 2.97. The SMILES string of the molecule is CC(C)[C@H](C)C(N)C(=O)O. The van der Waals surface area contributed by atoms with Gasteiger partial charge < -0.3 is 10.8 Å². The predicted molar refractivity (Wildman–Crippen MR) is 39.6 cm³/mol. The molecule has 0 amide bonds. The minimum Gasteiger partial charge on any atom is -0.480 e. The molecule has 0 saturated carbocycles. The third-order valence-corrected chi connectivity index (χ3v) is 1.90. The highest BCUT2D eigenvalue weighted by molar-refractivity contribution is 5.73. The van der Waals surface area contributed by atoms with Crippen LogP contribution in [0.25, 0.3) is 0 Å². The Hall–Kier alpha value is -0.570. The third-order valence-electron chi connectivity index (χ3n) is 1.90. The Bertz CT molecular complexity index is 123. The van der Waals surface area contributed by atoms with Crippen LogP contribution in [0.5, 0.6) is 0 Å². The molecule has 0 aliphatic heterocycles. The molecule has 10 heavy (non-hydrogen) atoms. The van der Waals surface area contributed by atoms with Crippen LogP contribution in [0, 0.1) is 11.8 Å². The van der Waals surface area contributed by atoms with E-state index in [1.165, 1.54) is 0 Å². The molecule has 0 heterocycles. The van der Waals surface area contributed by atoms with Gasteiger partial charge in [-0.2, -0.15) is 0 Å². The van der Waals surface area contributed by atoms with Crippen molar-refractivity contribution in [1.82, 2.24) is 0 Å². The van der Waals surface area contributed by atoms with Crippen LogP contribution in [0.4, 0.5) is 0 Å². The van der Waals surface area contributed by atoms with Crippen LogP contribution in [0.1, 0.15) is 20.8 Å². The van der Waals surface area contributed by atoms with Gasteiger partial charge in [-0.25, -0.2) is 0 Å². The van der Waals surface area contributed by atoms with Gasteiger partial charge >= 0.3 is 5.97 Å². The molecule has 0 saturated heterocycles. The standard InChI is InChI=1S/C7H15NO2/c1-4(2)5(3)6(8)7(9)10/h4-6H,8H2,1-3H3,(H,9,10)/t5-,6?/m0/s1. The minimum atomic E-state index is -0.916. The maximum atomic E-state index is 10.3. The molecule has 3 heteroatoms. The molecule has 0 spiro atoms. The summed E-state index contributed by atoms with van der Waals surface area (Å²) in [6, 6.07) is -0.722. The van der Waals surface area contributed by atoms with Crippen LogP contribution < -0.4 is 5.73 Å². The van der Waals surface area contributed by atoms with Crippen LogP contribution in [0.15, 0.2) is 0 Å². The molecular weight excluding hydrogens is 130 g/mol. The average Bonchev–Trinajstić information content (AvgIpc) is 1.84. The average molecular weight is 145 g/mol.